The quantitative estimate of drug-likeness (QED) is 0.548. The molecule has 0 saturated heterocycles. The number of benzene rings is 3. The van der Waals surface area contributed by atoms with Crippen molar-refractivity contribution in [2.24, 2.45) is 0 Å². The topological polar surface area (TPSA) is 38.3 Å². The highest BCUT2D eigenvalue weighted by Gasteiger charge is 2.36. The molecule has 0 radical (unpaired) electrons. The van der Waals surface area contributed by atoms with Gasteiger partial charge in [0.25, 0.3) is 5.91 Å². The van der Waals surface area contributed by atoms with Gasteiger partial charge in [0.15, 0.2) is 0 Å². The van der Waals surface area contributed by atoms with Crippen LogP contribution in [-0.2, 0) is 15.7 Å². The molecule has 0 fully saturated rings. The van der Waals surface area contributed by atoms with E-state index in [9.17, 15) is 4.79 Å². The van der Waals surface area contributed by atoms with Crippen molar-refractivity contribution in [2.75, 3.05) is 7.11 Å². The number of hydrogen-bond acceptors (Lipinski definition) is 2. The van der Waals surface area contributed by atoms with Crippen LogP contribution in [0.4, 0.5) is 0 Å². The van der Waals surface area contributed by atoms with Crippen LogP contribution in [0.1, 0.15) is 62.0 Å². The molecule has 3 nitrogen and oxygen atoms in total. The third-order valence-corrected chi connectivity index (χ3v) is 6.48. The summed E-state index contributed by atoms with van der Waals surface area (Å²) in [7, 11) is 1.44. The van der Waals surface area contributed by atoms with Crippen molar-refractivity contribution in [1.82, 2.24) is 5.48 Å². The first kappa shape index (κ1) is 19.7. The Hall–Kier alpha value is -2.65. The maximum atomic E-state index is 12.0. The third-order valence-electron chi connectivity index (χ3n) is 6.48. The lowest BCUT2D eigenvalue weighted by Crippen LogP contribution is -2.33. The number of carbonyl (C=O) groups excluding carboxylic acids is 1. The maximum absolute atomic E-state index is 12.0. The second kappa shape index (κ2) is 7.00. The number of rotatable bonds is 3. The summed E-state index contributed by atoms with van der Waals surface area (Å²) in [4.78, 5) is 16.7. The van der Waals surface area contributed by atoms with Gasteiger partial charge in [0.1, 0.15) is 0 Å². The molecule has 1 N–H and O–H groups in total. The zero-order chi connectivity index (χ0) is 20.8. The molecule has 4 rings (SSSR count). The van der Waals surface area contributed by atoms with Crippen molar-refractivity contribution >= 4 is 16.7 Å². The Bertz CT molecular complexity index is 1100. The summed E-state index contributed by atoms with van der Waals surface area (Å²) in [6.45, 7) is 9.43. The van der Waals surface area contributed by atoms with E-state index >= 15 is 0 Å². The van der Waals surface area contributed by atoms with Gasteiger partial charge in [-0.15, -0.1) is 0 Å². The van der Waals surface area contributed by atoms with Crippen LogP contribution in [0.15, 0.2) is 54.6 Å². The molecule has 0 aromatic heterocycles. The van der Waals surface area contributed by atoms with Gasteiger partial charge in [0.05, 0.1) is 7.11 Å². The van der Waals surface area contributed by atoms with Crippen LogP contribution >= 0.6 is 0 Å². The predicted octanol–water partition coefficient (Wildman–Crippen LogP) is 6.15. The van der Waals surface area contributed by atoms with Crippen molar-refractivity contribution in [3.8, 4) is 11.1 Å². The molecular formula is C26H29NO2. The number of hydrogen-bond donors (Lipinski definition) is 1. The number of fused-ring (bicyclic) bond motifs is 2. The summed E-state index contributed by atoms with van der Waals surface area (Å²) in [6.07, 6.45) is 2.43. The molecule has 0 aliphatic heterocycles. The van der Waals surface area contributed by atoms with E-state index in [1.807, 2.05) is 18.2 Å². The van der Waals surface area contributed by atoms with Gasteiger partial charge in [0, 0.05) is 5.56 Å². The zero-order valence-corrected chi connectivity index (χ0v) is 17.9. The highest BCUT2D eigenvalue weighted by atomic mass is 16.6. The molecule has 0 spiro atoms. The maximum Gasteiger partial charge on any atom is 0.274 e. The van der Waals surface area contributed by atoms with Gasteiger partial charge >= 0.3 is 0 Å². The van der Waals surface area contributed by atoms with Gasteiger partial charge in [-0.25, -0.2) is 5.48 Å². The van der Waals surface area contributed by atoms with Crippen LogP contribution < -0.4 is 5.48 Å². The molecule has 0 saturated carbocycles. The van der Waals surface area contributed by atoms with Gasteiger partial charge in [-0.1, -0.05) is 64.1 Å². The van der Waals surface area contributed by atoms with Crippen LogP contribution in [0.5, 0.6) is 0 Å². The summed E-state index contributed by atoms with van der Waals surface area (Å²) in [5.41, 5.74) is 8.78. The zero-order valence-electron chi connectivity index (χ0n) is 17.9. The standard InChI is InChI=1S/C26H29NO2/c1-25(2)12-13-26(3,4)23-16-20(10-11-22(23)25)18-6-7-19-15-21(24(28)27-29-5)9-8-17(19)14-18/h6-11,14-16H,12-13H2,1-5H3,(H,27,28). The van der Waals surface area contributed by atoms with E-state index in [1.165, 1.54) is 42.2 Å². The SMILES string of the molecule is CONC(=O)c1ccc2cc(-c3ccc4c(c3)C(C)(C)CCC4(C)C)ccc2c1. The molecular weight excluding hydrogens is 358 g/mol. The van der Waals surface area contributed by atoms with E-state index in [2.05, 4.69) is 69.6 Å². The van der Waals surface area contributed by atoms with E-state index in [4.69, 9.17) is 4.84 Å². The Labute approximate surface area is 173 Å². The molecule has 1 amide bonds. The molecule has 1 aliphatic carbocycles. The van der Waals surface area contributed by atoms with E-state index in [0.29, 0.717) is 5.56 Å². The molecule has 0 atom stereocenters. The van der Waals surface area contributed by atoms with Gasteiger partial charge in [-0.05, 0) is 74.9 Å². The Morgan fingerprint density at radius 2 is 1.38 bits per heavy atom. The Kier molecular flexibility index (Phi) is 4.74. The lowest BCUT2D eigenvalue weighted by molar-refractivity contribution is 0.0538. The van der Waals surface area contributed by atoms with E-state index in [0.717, 1.165) is 10.8 Å². The van der Waals surface area contributed by atoms with E-state index < -0.39 is 0 Å². The van der Waals surface area contributed by atoms with Crippen molar-refractivity contribution in [3.63, 3.8) is 0 Å². The van der Waals surface area contributed by atoms with Crippen LogP contribution in [0, 0.1) is 0 Å². The highest BCUT2D eigenvalue weighted by molar-refractivity contribution is 5.98. The fourth-order valence-corrected chi connectivity index (χ4v) is 4.49. The molecule has 3 heteroatoms. The van der Waals surface area contributed by atoms with Crippen molar-refractivity contribution in [2.45, 2.75) is 51.4 Å². The second-order valence-corrected chi connectivity index (χ2v) is 9.44. The lowest BCUT2D eigenvalue weighted by atomic mass is 9.63. The van der Waals surface area contributed by atoms with Crippen LogP contribution in [0.2, 0.25) is 0 Å². The molecule has 0 bridgehead atoms. The summed E-state index contributed by atoms with van der Waals surface area (Å²) < 4.78 is 0. The largest absolute Gasteiger partial charge is 0.277 e. The van der Waals surface area contributed by atoms with Crippen molar-refractivity contribution in [3.05, 3.63) is 71.3 Å². The molecule has 3 aromatic rings. The molecule has 1 aliphatic rings. The minimum absolute atomic E-state index is 0.196. The van der Waals surface area contributed by atoms with Gasteiger partial charge in [-0.2, -0.15) is 0 Å². The average molecular weight is 388 g/mol. The summed E-state index contributed by atoms with van der Waals surface area (Å²) in [5, 5.41) is 2.16. The predicted molar refractivity (Wildman–Crippen MR) is 119 cm³/mol. The van der Waals surface area contributed by atoms with Gasteiger partial charge < -0.3 is 0 Å². The van der Waals surface area contributed by atoms with Crippen molar-refractivity contribution < 1.29 is 9.63 Å². The summed E-state index contributed by atoms with van der Waals surface area (Å²) >= 11 is 0. The Balaban J connectivity index is 1.75. The molecule has 3 aromatic carbocycles. The molecule has 150 valence electrons. The second-order valence-electron chi connectivity index (χ2n) is 9.44. The monoisotopic (exact) mass is 387 g/mol. The highest BCUT2D eigenvalue weighted by Crippen LogP contribution is 2.46. The van der Waals surface area contributed by atoms with Crippen molar-refractivity contribution in [1.29, 1.82) is 0 Å². The number of nitrogens with one attached hydrogen (secondary N) is 1. The van der Waals surface area contributed by atoms with E-state index in [-0.39, 0.29) is 16.7 Å². The lowest BCUT2D eigenvalue weighted by Gasteiger charge is -2.42. The van der Waals surface area contributed by atoms with E-state index in [1.54, 1.807) is 0 Å². The summed E-state index contributed by atoms with van der Waals surface area (Å²) in [6, 6.07) is 19.1. The minimum atomic E-state index is -0.238. The first-order valence-electron chi connectivity index (χ1n) is 10.2. The molecule has 29 heavy (non-hydrogen) atoms. The molecule has 0 heterocycles. The Morgan fingerprint density at radius 1 is 0.793 bits per heavy atom. The fourth-order valence-electron chi connectivity index (χ4n) is 4.49. The minimum Gasteiger partial charge on any atom is -0.277 e. The number of amides is 1. The van der Waals surface area contributed by atoms with Crippen LogP contribution in [0.3, 0.4) is 0 Å². The van der Waals surface area contributed by atoms with Crippen LogP contribution in [0.25, 0.3) is 21.9 Å². The first-order chi connectivity index (χ1) is 13.7. The first-order valence-corrected chi connectivity index (χ1v) is 10.2. The molecule has 0 unspecified atom stereocenters. The third kappa shape index (κ3) is 3.56. The Morgan fingerprint density at radius 3 is 2.10 bits per heavy atom. The number of hydroxylamine groups is 1. The summed E-state index contributed by atoms with van der Waals surface area (Å²) in [5.74, 6) is -0.238. The van der Waals surface area contributed by atoms with Gasteiger partial charge in [-0.3, -0.25) is 9.63 Å². The number of carbonyl (C=O) groups is 1. The normalized spacial score (nSPS) is 17.0. The smallest absolute Gasteiger partial charge is 0.274 e. The van der Waals surface area contributed by atoms with Gasteiger partial charge in [0.2, 0.25) is 0 Å². The average Bonchev–Trinajstić information content (AvgIpc) is 2.70. The van der Waals surface area contributed by atoms with Crippen LogP contribution in [-0.4, -0.2) is 13.0 Å². The fraction of sp³-hybridized carbons (Fsp3) is 0.346.